The van der Waals surface area contributed by atoms with E-state index in [-0.39, 0.29) is 0 Å². The van der Waals surface area contributed by atoms with Gasteiger partial charge in [0.1, 0.15) is 11.5 Å². The van der Waals surface area contributed by atoms with Gasteiger partial charge >= 0.3 is 0 Å². The lowest BCUT2D eigenvalue weighted by molar-refractivity contribution is 0.498. The van der Waals surface area contributed by atoms with E-state index in [0.29, 0.717) is 0 Å². The van der Waals surface area contributed by atoms with Gasteiger partial charge < -0.3 is 9.64 Å². The van der Waals surface area contributed by atoms with E-state index in [1.165, 1.54) is 11.3 Å². The molecule has 0 spiro atoms. The highest BCUT2D eigenvalue weighted by molar-refractivity contribution is 5.68. The number of nitrogens with zero attached hydrogens (tertiary/aromatic N) is 1. The van der Waals surface area contributed by atoms with Crippen molar-refractivity contribution in [2.45, 2.75) is 6.42 Å². The Bertz CT molecular complexity index is 629. The first-order valence-corrected chi connectivity index (χ1v) is 6.48. The standard InChI is InChI=1S/C17H17NO/c1-18(2)15-8-5-7-14(12-15)17-11-10-13-6-3-4-9-16(13)19-17/h3-9,11-12H,10H2,1-2H3. The van der Waals surface area contributed by atoms with Crippen molar-refractivity contribution >= 4 is 11.4 Å². The third-order valence-electron chi connectivity index (χ3n) is 3.35. The number of rotatable bonds is 2. The predicted octanol–water partition coefficient (Wildman–Crippen LogP) is 3.73. The molecule has 2 nitrogen and oxygen atoms in total. The van der Waals surface area contributed by atoms with Gasteiger partial charge in [0.15, 0.2) is 0 Å². The van der Waals surface area contributed by atoms with E-state index in [2.05, 4.69) is 41.3 Å². The van der Waals surface area contributed by atoms with Crippen LogP contribution in [0.2, 0.25) is 0 Å². The summed E-state index contributed by atoms with van der Waals surface area (Å²) in [6.07, 6.45) is 3.08. The van der Waals surface area contributed by atoms with Gasteiger partial charge in [0, 0.05) is 25.3 Å². The largest absolute Gasteiger partial charge is 0.457 e. The third kappa shape index (κ3) is 2.34. The Morgan fingerprint density at radius 3 is 2.68 bits per heavy atom. The quantitative estimate of drug-likeness (QED) is 0.806. The molecule has 0 bridgehead atoms. The SMILES string of the molecule is CN(C)c1cccc(C2=CCc3ccccc3O2)c1. The molecule has 0 aliphatic carbocycles. The summed E-state index contributed by atoms with van der Waals surface area (Å²) >= 11 is 0. The Kier molecular flexibility index (Phi) is 3.00. The summed E-state index contributed by atoms with van der Waals surface area (Å²) in [4.78, 5) is 2.10. The first kappa shape index (κ1) is 11.8. The molecule has 0 fully saturated rings. The highest BCUT2D eigenvalue weighted by Crippen LogP contribution is 2.31. The van der Waals surface area contributed by atoms with Crippen molar-refractivity contribution in [3.8, 4) is 5.75 Å². The molecule has 0 saturated heterocycles. The van der Waals surface area contributed by atoms with E-state index in [0.717, 1.165) is 23.5 Å². The van der Waals surface area contributed by atoms with Crippen LogP contribution in [-0.2, 0) is 6.42 Å². The van der Waals surface area contributed by atoms with E-state index in [1.807, 2.05) is 32.3 Å². The molecule has 2 heteroatoms. The van der Waals surface area contributed by atoms with Crippen LogP contribution in [0.1, 0.15) is 11.1 Å². The van der Waals surface area contributed by atoms with Crippen LogP contribution < -0.4 is 9.64 Å². The molecule has 1 aliphatic rings. The number of ether oxygens (including phenoxy) is 1. The summed E-state index contributed by atoms with van der Waals surface area (Å²) in [5, 5.41) is 0. The summed E-state index contributed by atoms with van der Waals surface area (Å²) in [5.74, 6) is 1.91. The van der Waals surface area contributed by atoms with Crippen molar-refractivity contribution in [2.75, 3.05) is 19.0 Å². The average Bonchev–Trinajstić information content (AvgIpc) is 2.47. The van der Waals surface area contributed by atoms with Crippen LogP contribution in [0.4, 0.5) is 5.69 Å². The van der Waals surface area contributed by atoms with Crippen LogP contribution in [0.5, 0.6) is 5.75 Å². The molecule has 0 amide bonds. The second kappa shape index (κ2) is 4.81. The molecule has 0 unspecified atom stereocenters. The molecular formula is C17H17NO. The number of hydrogen-bond donors (Lipinski definition) is 0. The fourth-order valence-corrected chi connectivity index (χ4v) is 2.25. The summed E-state index contributed by atoms with van der Waals surface area (Å²) in [6.45, 7) is 0. The minimum absolute atomic E-state index is 0.928. The van der Waals surface area contributed by atoms with Gasteiger partial charge in [-0.05, 0) is 36.3 Å². The van der Waals surface area contributed by atoms with Gasteiger partial charge in [-0.25, -0.2) is 0 Å². The van der Waals surface area contributed by atoms with Gasteiger partial charge in [0.2, 0.25) is 0 Å². The van der Waals surface area contributed by atoms with Crippen LogP contribution in [0, 0.1) is 0 Å². The number of hydrogen-bond acceptors (Lipinski definition) is 2. The molecule has 0 aromatic heterocycles. The Morgan fingerprint density at radius 2 is 1.84 bits per heavy atom. The van der Waals surface area contributed by atoms with Gasteiger partial charge in [0.05, 0.1) is 0 Å². The number of benzene rings is 2. The van der Waals surface area contributed by atoms with Crippen molar-refractivity contribution in [3.63, 3.8) is 0 Å². The van der Waals surface area contributed by atoms with Crippen molar-refractivity contribution in [3.05, 3.63) is 65.7 Å². The summed E-state index contributed by atoms with van der Waals surface area (Å²) in [5.41, 5.74) is 3.55. The normalized spacial score (nSPS) is 13.3. The molecule has 3 rings (SSSR count). The second-order valence-electron chi connectivity index (χ2n) is 4.93. The highest BCUT2D eigenvalue weighted by Gasteiger charge is 2.13. The Morgan fingerprint density at radius 1 is 1.00 bits per heavy atom. The maximum Gasteiger partial charge on any atom is 0.131 e. The lowest BCUT2D eigenvalue weighted by atomic mass is 10.0. The Hall–Kier alpha value is -2.22. The third-order valence-corrected chi connectivity index (χ3v) is 3.35. The predicted molar refractivity (Wildman–Crippen MR) is 79.5 cm³/mol. The van der Waals surface area contributed by atoms with Crippen LogP contribution in [0.15, 0.2) is 54.6 Å². The summed E-state index contributed by atoms with van der Waals surface area (Å²) in [6, 6.07) is 16.6. The number of para-hydroxylation sites is 1. The van der Waals surface area contributed by atoms with Gasteiger partial charge in [-0.2, -0.15) is 0 Å². The minimum Gasteiger partial charge on any atom is -0.457 e. The van der Waals surface area contributed by atoms with Crippen molar-refractivity contribution in [1.82, 2.24) is 0 Å². The van der Waals surface area contributed by atoms with Gasteiger partial charge in [-0.3, -0.25) is 0 Å². The van der Waals surface area contributed by atoms with Gasteiger partial charge in [-0.1, -0.05) is 30.3 Å². The number of fused-ring (bicyclic) bond motifs is 1. The number of allylic oxidation sites excluding steroid dienone is 1. The molecule has 1 aliphatic heterocycles. The maximum absolute atomic E-state index is 6.00. The first-order valence-electron chi connectivity index (χ1n) is 6.48. The molecule has 96 valence electrons. The molecular weight excluding hydrogens is 234 g/mol. The summed E-state index contributed by atoms with van der Waals surface area (Å²) < 4.78 is 6.00. The van der Waals surface area contributed by atoms with Gasteiger partial charge in [-0.15, -0.1) is 0 Å². The van der Waals surface area contributed by atoms with E-state index in [1.54, 1.807) is 0 Å². The van der Waals surface area contributed by atoms with Crippen LogP contribution in [0.3, 0.4) is 0 Å². The van der Waals surface area contributed by atoms with E-state index in [4.69, 9.17) is 4.74 Å². The zero-order chi connectivity index (χ0) is 13.2. The summed E-state index contributed by atoms with van der Waals surface area (Å²) in [7, 11) is 4.09. The van der Waals surface area contributed by atoms with E-state index < -0.39 is 0 Å². The zero-order valence-corrected chi connectivity index (χ0v) is 11.3. The van der Waals surface area contributed by atoms with Crippen molar-refractivity contribution in [2.24, 2.45) is 0 Å². The topological polar surface area (TPSA) is 12.5 Å². The number of anilines is 1. The Balaban J connectivity index is 1.92. The molecule has 2 aromatic rings. The molecule has 0 saturated carbocycles. The highest BCUT2D eigenvalue weighted by atomic mass is 16.5. The fourth-order valence-electron chi connectivity index (χ4n) is 2.25. The van der Waals surface area contributed by atoms with Crippen LogP contribution >= 0.6 is 0 Å². The fraction of sp³-hybridized carbons (Fsp3) is 0.176. The molecule has 2 aromatic carbocycles. The Labute approximate surface area is 113 Å². The first-order chi connectivity index (χ1) is 9.24. The van der Waals surface area contributed by atoms with Crippen molar-refractivity contribution in [1.29, 1.82) is 0 Å². The molecule has 1 heterocycles. The van der Waals surface area contributed by atoms with Crippen LogP contribution in [-0.4, -0.2) is 14.1 Å². The minimum atomic E-state index is 0.928. The average molecular weight is 251 g/mol. The lowest BCUT2D eigenvalue weighted by Crippen LogP contribution is -2.09. The molecule has 0 radical (unpaired) electrons. The monoisotopic (exact) mass is 251 g/mol. The smallest absolute Gasteiger partial charge is 0.131 e. The van der Waals surface area contributed by atoms with E-state index in [9.17, 15) is 0 Å². The van der Waals surface area contributed by atoms with Crippen LogP contribution in [0.25, 0.3) is 5.76 Å². The molecule has 0 N–H and O–H groups in total. The van der Waals surface area contributed by atoms with E-state index >= 15 is 0 Å². The zero-order valence-electron chi connectivity index (χ0n) is 11.3. The maximum atomic E-state index is 6.00. The second-order valence-corrected chi connectivity index (χ2v) is 4.93. The van der Waals surface area contributed by atoms with Crippen molar-refractivity contribution < 1.29 is 4.74 Å². The lowest BCUT2D eigenvalue weighted by Gasteiger charge is -2.19. The van der Waals surface area contributed by atoms with Gasteiger partial charge in [0.25, 0.3) is 0 Å². The molecule has 19 heavy (non-hydrogen) atoms. The molecule has 0 atom stereocenters.